The zero-order chi connectivity index (χ0) is 15.4. The number of carbonyl (C=O) groups is 1. The van der Waals surface area contributed by atoms with Crippen LogP contribution in [0.15, 0.2) is 30.3 Å². The molecule has 21 heavy (non-hydrogen) atoms. The van der Waals surface area contributed by atoms with Crippen LogP contribution in [0.3, 0.4) is 0 Å². The fraction of sp³-hybridized carbons (Fsp3) is 0.412. The molecule has 1 aromatic heterocycles. The number of rotatable bonds is 5. The zero-order valence-corrected chi connectivity index (χ0v) is 14.3. The molecule has 1 heterocycles. The highest BCUT2D eigenvalue weighted by molar-refractivity contribution is 9.09. The summed E-state index contributed by atoms with van der Waals surface area (Å²) < 4.78 is 0. The number of hydrogen-bond acceptors (Lipinski definition) is 2. The van der Waals surface area contributed by atoms with Gasteiger partial charge in [0.25, 0.3) is 5.91 Å². The van der Waals surface area contributed by atoms with E-state index in [0.717, 1.165) is 23.0 Å². The van der Waals surface area contributed by atoms with Gasteiger partial charge in [-0.1, -0.05) is 48.0 Å². The summed E-state index contributed by atoms with van der Waals surface area (Å²) in [4.78, 5) is 17.2. The van der Waals surface area contributed by atoms with E-state index >= 15 is 0 Å². The molecular formula is C17H21BrN2O. The van der Waals surface area contributed by atoms with Crippen molar-refractivity contribution >= 4 is 32.7 Å². The van der Waals surface area contributed by atoms with Gasteiger partial charge in [0.2, 0.25) is 0 Å². The minimum atomic E-state index is -0.0371. The van der Waals surface area contributed by atoms with Crippen LogP contribution in [0.5, 0.6) is 0 Å². The quantitative estimate of drug-likeness (QED) is 0.827. The molecule has 1 unspecified atom stereocenters. The van der Waals surface area contributed by atoms with Crippen LogP contribution in [0, 0.1) is 12.8 Å². The van der Waals surface area contributed by atoms with Crippen LogP contribution in [0.1, 0.15) is 36.3 Å². The van der Waals surface area contributed by atoms with Crippen molar-refractivity contribution in [1.82, 2.24) is 10.3 Å². The van der Waals surface area contributed by atoms with E-state index < -0.39 is 0 Å². The highest BCUT2D eigenvalue weighted by Gasteiger charge is 2.13. The van der Waals surface area contributed by atoms with Crippen LogP contribution in [-0.4, -0.2) is 22.3 Å². The Morgan fingerprint density at radius 3 is 2.76 bits per heavy atom. The Labute approximate surface area is 134 Å². The summed E-state index contributed by atoms with van der Waals surface area (Å²) in [5.74, 6) is 0.570. The summed E-state index contributed by atoms with van der Waals surface area (Å²) in [5.41, 5.74) is 2.42. The normalized spacial score (nSPS) is 12.6. The number of nitrogens with zero attached hydrogens (tertiary/aromatic N) is 1. The number of carbonyl (C=O) groups excluding carboxylic acids is 1. The number of aromatic nitrogens is 1. The summed E-state index contributed by atoms with van der Waals surface area (Å²) in [5, 5.41) is 3.91. The van der Waals surface area contributed by atoms with Gasteiger partial charge < -0.3 is 5.32 Å². The Bertz CT molecular complexity index is 640. The molecule has 1 amide bonds. The number of nitrogens with one attached hydrogen (secondary N) is 1. The van der Waals surface area contributed by atoms with E-state index in [2.05, 4.69) is 40.1 Å². The molecule has 0 aliphatic carbocycles. The highest BCUT2D eigenvalue weighted by Crippen LogP contribution is 2.18. The van der Waals surface area contributed by atoms with Crippen molar-refractivity contribution in [3.8, 4) is 0 Å². The summed E-state index contributed by atoms with van der Waals surface area (Å²) in [6, 6.07) is 9.60. The minimum Gasteiger partial charge on any atom is -0.351 e. The van der Waals surface area contributed by atoms with Crippen molar-refractivity contribution in [2.24, 2.45) is 5.92 Å². The molecule has 2 rings (SSSR count). The first kappa shape index (κ1) is 16.0. The standard InChI is InChI=1S/C17H21BrN2O/c1-11(2)8-13(18)10-19-17(21)15-9-12(3)20-16-7-5-4-6-14(15)16/h4-7,9,11,13H,8,10H2,1-3H3,(H,19,21). The summed E-state index contributed by atoms with van der Waals surface area (Å²) in [7, 11) is 0. The van der Waals surface area contributed by atoms with Crippen LogP contribution in [-0.2, 0) is 0 Å². The van der Waals surface area contributed by atoms with E-state index in [9.17, 15) is 4.79 Å². The van der Waals surface area contributed by atoms with Crippen LogP contribution in [0.25, 0.3) is 10.9 Å². The molecule has 1 N–H and O–H groups in total. The molecule has 0 aliphatic heterocycles. The van der Waals surface area contributed by atoms with E-state index in [1.165, 1.54) is 0 Å². The molecule has 0 radical (unpaired) electrons. The third kappa shape index (κ3) is 4.27. The third-order valence-corrected chi connectivity index (χ3v) is 4.00. The van der Waals surface area contributed by atoms with E-state index in [4.69, 9.17) is 0 Å². The van der Waals surface area contributed by atoms with E-state index in [-0.39, 0.29) is 5.91 Å². The Kier molecular flexibility index (Phi) is 5.34. The zero-order valence-electron chi connectivity index (χ0n) is 12.7. The van der Waals surface area contributed by atoms with Crippen LogP contribution >= 0.6 is 15.9 Å². The second-order valence-electron chi connectivity index (χ2n) is 5.77. The average molecular weight is 349 g/mol. The molecule has 2 aromatic rings. The van der Waals surface area contributed by atoms with Gasteiger partial charge in [0.05, 0.1) is 11.1 Å². The maximum atomic E-state index is 12.4. The van der Waals surface area contributed by atoms with Gasteiger partial charge >= 0.3 is 0 Å². The first-order valence-electron chi connectivity index (χ1n) is 7.26. The lowest BCUT2D eigenvalue weighted by molar-refractivity contribution is 0.0955. The van der Waals surface area contributed by atoms with Crippen molar-refractivity contribution < 1.29 is 4.79 Å². The number of halogens is 1. The maximum Gasteiger partial charge on any atom is 0.252 e. The van der Waals surface area contributed by atoms with Gasteiger partial charge in [-0.05, 0) is 31.4 Å². The minimum absolute atomic E-state index is 0.0371. The van der Waals surface area contributed by atoms with Crippen molar-refractivity contribution in [3.05, 3.63) is 41.6 Å². The molecule has 4 heteroatoms. The monoisotopic (exact) mass is 348 g/mol. The fourth-order valence-electron chi connectivity index (χ4n) is 2.39. The summed E-state index contributed by atoms with van der Waals surface area (Å²) in [6.45, 7) is 6.90. The number of aryl methyl sites for hydroxylation is 1. The number of benzene rings is 1. The lowest BCUT2D eigenvalue weighted by Gasteiger charge is -2.14. The topological polar surface area (TPSA) is 42.0 Å². The van der Waals surface area contributed by atoms with Gasteiger partial charge in [0, 0.05) is 22.5 Å². The summed E-state index contributed by atoms with van der Waals surface area (Å²) in [6.07, 6.45) is 1.04. The Morgan fingerprint density at radius 1 is 1.33 bits per heavy atom. The number of hydrogen-bond donors (Lipinski definition) is 1. The third-order valence-electron chi connectivity index (χ3n) is 3.30. The Hall–Kier alpha value is -1.42. The Morgan fingerprint density at radius 2 is 2.05 bits per heavy atom. The summed E-state index contributed by atoms with van der Waals surface area (Å²) >= 11 is 3.62. The molecule has 0 aliphatic rings. The number of amides is 1. The predicted molar refractivity (Wildman–Crippen MR) is 91.0 cm³/mol. The highest BCUT2D eigenvalue weighted by atomic mass is 79.9. The first-order valence-corrected chi connectivity index (χ1v) is 8.17. The predicted octanol–water partition coefficient (Wildman–Crippen LogP) is 4.08. The molecule has 112 valence electrons. The molecule has 0 saturated heterocycles. The van der Waals surface area contributed by atoms with Crippen LogP contribution in [0.4, 0.5) is 0 Å². The Balaban J connectivity index is 2.16. The van der Waals surface area contributed by atoms with E-state index in [1.54, 1.807) is 0 Å². The van der Waals surface area contributed by atoms with Crippen molar-refractivity contribution in [2.45, 2.75) is 32.0 Å². The second-order valence-corrected chi connectivity index (χ2v) is 7.06. The number of fused-ring (bicyclic) bond motifs is 1. The molecule has 3 nitrogen and oxygen atoms in total. The second kappa shape index (κ2) is 7.03. The van der Waals surface area contributed by atoms with Crippen LogP contribution < -0.4 is 5.32 Å². The van der Waals surface area contributed by atoms with Crippen LogP contribution in [0.2, 0.25) is 0 Å². The molecule has 0 bridgehead atoms. The maximum absolute atomic E-state index is 12.4. The number of para-hydroxylation sites is 1. The SMILES string of the molecule is Cc1cc(C(=O)NCC(Br)CC(C)C)c2ccccc2n1. The number of alkyl halides is 1. The molecule has 0 saturated carbocycles. The first-order chi connectivity index (χ1) is 9.97. The van der Waals surface area contributed by atoms with Gasteiger partial charge in [-0.15, -0.1) is 0 Å². The largest absolute Gasteiger partial charge is 0.351 e. The van der Waals surface area contributed by atoms with Gasteiger partial charge in [0.1, 0.15) is 0 Å². The van der Waals surface area contributed by atoms with E-state index in [1.807, 2.05) is 37.3 Å². The smallest absolute Gasteiger partial charge is 0.252 e. The molecule has 1 atom stereocenters. The number of pyridine rings is 1. The van der Waals surface area contributed by atoms with Gasteiger partial charge in [-0.25, -0.2) is 0 Å². The fourth-order valence-corrected chi connectivity index (χ4v) is 3.30. The van der Waals surface area contributed by atoms with Crippen molar-refractivity contribution in [3.63, 3.8) is 0 Å². The molecule has 1 aromatic carbocycles. The van der Waals surface area contributed by atoms with Gasteiger partial charge in [-0.2, -0.15) is 0 Å². The molecule has 0 fully saturated rings. The van der Waals surface area contributed by atoms with Gasteiger partial charge in [-0.3, -0.25) is 9.78 Å². The van der Waals surface area contributed by atoms with Gasteiger partial charge in [0.15, 0.2) is 0 Å². The average Bonchev–Trinajstić information content (AvgIpc) is 2.43. The lowest BCUT2D eigenvalue weighted by atomic mass is 10.1. The van der Waals surface area contributed by atoms with Crippen molar-refractivity contribution in [1.29, 1.82) is 0 Å². The van der Waals surface area contributed by atoms with Crippen molar-refractivity contribution in [2.75, 3.05) is 6.54 Å². The lowest BCUT2D eigenvalue weighted by Crippen LogP contribution is -2.30. The molecule has 0 spiro atoms. The molecular weight excluding hydrogens is 328 g/mol. The van der Waals surface area contributed by atoms with E-state index in [0.29, 0.717) is 22.9 Å².